The fourth-order valence-corrected chi connectivity index (χ4v) is 2.20. The van der Waals surface area contributed by atoms with Crippen molar-refractivity contribution in [2.45, 2.75) is 32.1 Å². The number of aromatic nitrogens is 1. The van der Waals surface area contributed by atoms with Gasteiger partial charge in [-0.3, -0.25) is 0 Å². The summed E-state index contributed by atoms with van der Waals surface area (Å²) in [6, 6.07) is 5.90. The van der Waals surface area contributed by atoms with Crippen LogP contribution < -0.4 is 4.90 Å². The largest absolute Gasteiger partial charge is 0.356 e. The lowest BCUT2D eigenvalue weighted by Gasteiger charge is -2.26. The second kappa shape index (κ2) is 5.50. The van der Waals surface area contributed by atoms with E-state index in [1.165, 1.54) is 32.1 Å². The van der Waals surface area contributed by atoms with Crippen molar-refractivity contribution in [3.63, 3.8) is 0 Å². The fourth-order valence-electron chi connectivity index (χ4n) is 2.20. The molecule has 3 nitrogen and oxygen atoms in total. The van der Waals surface area contributed by atoms with Crippen LogP contribution in [0.5, 0.6) is 0 Å². The van der Waals surface area contributed by atoms with Crippen molar-refractivity contribution in [3.05, 3.63) is 23.9 Å². The molecule has 0 aromatic carbocycles. The van der Waals surface area contributed by atoms with E-state index in [2.05, 4.69) is 16.0 Å². The first-order chi connectivity index (χ1) is 7.92. The zero-order chi connectivity index (χ0) is 11.2. The highest BCUT2D eigenvalue weighted by Crippen LogP contribution is 2.20. The first-order valence-corrected chi connectivity index (χ1v) is 6.02. The SMILES string of the molecule is N#Cc1cccnc1N1CCCCCCC1. The van der Waals surface area contributed by atoms with Crippen LogP contribution in [0.4, 0.5) is 5.82 Å². The van der Waals surface area contributed by atoms with Crippen molar-refractivity contribution in [1.29, 1.82) is 5.26 Å². The van der Waals surface area contributed by atoms with E-state index in [-0.39, 0.29) is 0 Å². The Morgan fingerprint density at radius 2 is 1.81 bits per heavy atom. The molecule has 0 radical (unpaired) electrons. The molecular weight excluding hydrogens is 198 g/mol. The average Bonchev–Trinajstić information content (AvgIpc) is 2.29. The molecule has 16 heavy (non-hydrogen) atoms. The van der Waals surface area contributed by atoms with Crippen molar-refractivity contribution in [1.82, 2.24) is 4.98 Å². The predicted molar refractivity (Wildman–Crippen MR) is 64.3 cm³/mol. The summed E-state index contributed by atoms with van der Waals surface area (Å²) in [5.41, 5.74) is 0.697. The number of rotatable bonds is 1. The fraction of sp³-hybridized carbons (Fsp3) is 0.538. The molecule has 1 saturated heterocycles. The molecule has 2 heterocycles. The maximum absolute atomic E-state index is 9.06. The molecule has 1 fully saturated rings. The third-order valence-electron chi connectivity index (χ3n) is 3.06. The highest BCUT2D eigenvalue weighted by Gasteiger charge is 2.13. The Morgan fingerprint density at radius 1 is 1.12 bits per heavy atom. The molecule has 84 valence electrons. The summed E-state index contributed by atoms with van der Waals surface area (Å²) in [5, 5.41) is 9.06. The molecule has 0 N–H and O–H groups in total. The van der Waals surface area contributed by atoms with Gasteiger partial charge < -0.3 is 4.90 Å². The first kappa shape index (κ1) is 10.9. The van der Waals surface area contributed by atoms with Gasteiger partial charge in [-0.15, -0.1) is 0 Å². The molecule has 0 atom stereocenters. The highest BCUT2D eigenvalue weighted by atomic mass is 15.2. The molecule has 0 saturated carbocycles. The van der Waals surface area contributed by atoms with Crippen molar-refractivity contribution < 1.29 is 0 Å². The van der Waals surface area contributed by atoms with Gasteiger partial charge in [-0.1, -0.05) is 19.3 Å². The maximum Gasteiger partial charge on any atom is 0.146 e. The van der Waals surface area contributed by atoms with Gasteiger partial charge in [-0.25, -0.2) is 4.98 Å². The zero-order valence-electron chi connectivity index (χ0n) is 9.52. The molecule has 2 rings (SSSR count). The average molecular weight is 215 g/mol. The van der Waals surface area contributed by atoms with Gasteiger partial charge in [0, 0.05) is 19.3 Å². The van der Waals surface area contributed by atoms with Crippen LogP contribution in [0.15, 0.2) is 18.3 Å². The summed E-state index contributed by atoms with van der Waals surface area (Å²) in [5.74, 6) is 0.868. The van der Waals surface area contributed by atoms with E-state index < -0.39 is 0 Å². The van der Waals surface area contributed by atoms with Crippen LogP contribution >= 0.6 is 0 Å². The quantitative estimate of drug-likeness (QED) is 0.723. The van der Waals surface area contributed by atoms with Gasteiger partial charge in [-0.2, -0.15) is 5.26 Å². The van der Waals surface area contributed by atoms with Crippen LogP contribution in [0.3, 0.4) is 0 Å². The zero-order valence-corrected chi connectivity index (χ0v) is 9.52. The molecule has 1 aliphatic heterocycles. The second-order valence-corrected chi connectivity index (χ2v) is 4.24. The molecule has 0 amide bonds. The summed E-state index contributed by atoms with van der Waals surface area (Å²) in [6.07, 6.45) is 8.13. The van der Waals surface area contributed by atoms with Gasteiger partial charge in [0.2, 0.25) is 0 Å². The van der Waals surface area contributed by atoms with Gasteiger partial charge >= 0.3 is 0 Å². The van der Waals surface area contributed by atoms with E-state index in [0.717, 1.165) is 18.9 Å². The molecule has 0 aliphatic carbocycles. The van der Waals surface area contributed by atoms with E-state index in [9.17, 15) is 0 Å². The lowest BCUT2D eigenvalue weighted by atomic mass is 10.1. The molecule has 3 heteroatoms. The minimum absolute atomic E-state index is 0.697. The smallest absolute Gasteiger partial charge is 0.146 e. The molecule has 1 aromatic heterocycles. The highest BCUT2D eigenvalue weighted by molar-refractivity contribution is 5.53. The third-order valence-corrected chi connectivity index (χ3v) is 3.06. The molecule has 1 aromatic rings. The van der Waals surface area contributed by atoms with Gasteiger partial charge in [0.15, 0.2) is 0 Å². The predicted octanol–water partition coefficient (Wildman–Crippen LogP) is 2.72. The van der Waals surface area contributed by atoms with Crippen LogP contribution in [0, 0.1) is 11.3 Å². The van der Waals surface area contributed by atoms with E-state index in [0.29, 0.717) is 5.56 Å². The summed E-state index contributed by atoms with van der Waals surface area (Å²) >= 11 is 0. The van der Waals surface area contributed by atoms with Gasteiger partial charge in [0.1, 0.15) is 11.9 Å². The number of hydrogen-bond acceptors (Lipinski definition) is 3. The van der Waals surface area contributed by atoms with Crippen molar-refractivity contribution in [2.75, 3.05) is 18.0 Å². The summed E-state index contributed by atoms with van der Waals surface area (Å²) < 4.78 is 0. The maximum atomic E-state index is 9.06. The van der Waals surface area contributed by atoms with Gasteiger partial charge in [0.25, 0.3) is 0 Å². The Hall–Kier alpha value is -1.56. The standard InChI is InChI=1S/C13H17N3/c14-11-12-7-6-8-15-13(12)16-9-4-2-1-3-5-10-16/h6-8H,1-5,9-10H2. The first-order valence-electron chi connectivity index (χ1n) is 6.02. The van der Waals surface area contributed by atoms with Gasteiger partial charge in [0.05, 0.1) is 5.56 Å². The summed E-state index contributed by atoms with van der Waals surface area (Å²) in [7, 11) is 0. The van der Waals surface area contributed by atoms with Crippen molar-refractivity contribution in [2.24, 2.45) is 0 Å². The van der Waals surface area contributed by atoms with Crippen LogP contribution in [0.1, 0.15) is 37.7 Å². The van der Waals surface area contributed by atoms with Crippen LogP contribution in [-0.2, 0) is 0 Å². The second-order valence-electron chi connectivity index (χ2n) is 4.24. The Labute approximate surface area is 96.7 Å². The van der Waals surface area contributed by atoms with Crippen molar-refractivity contribution >= 4 is 5.82 Å². The lowest BCUT2D eigenvalue weighted by molar-refractivity contribution is 0.553. The molecular formula is C13H17N3. The van der Waals surface area contributed by atoms with Crippen LogP contribution in [0.2, 0.25) is 0 Å². The monoisotopic (exact) mass is 215 g/mol. The molecule has 0 unspecified atom stereocenters. The van der Waals surface area contributed by atoms with Crippen LogP contribution in [0.25, 0.3) is 0 Å². The summed E-state index contributed by atoms with van der Waals surface area (Å²) in [4.78, 5) is 6.61. The van der Waals surface area contributed by atoms with E-state index >= 15 is 0 Å². The Morgan fingerprint density at radius 3 is 2.50 bits per heavy atom. The van der Waals surface area contributed by atoms with E-state index in [1.807, 2.05) is 12.1 Å². The van der Waals surface area contributed by atoms with Crippen LogP contribution in [-0.4, -0.2) is 18.1 Å². The Bertz CT molecular complexity index is 373. The normalized spacial score (nSPS) is 17.3. The molecule has 0 bridgehead atoms. The topological polar surface area (TPSA) is 39.9 Å². The minimum atomic E-state index is 0.697. The third kappa shape index (κ3) is 2.52. The minimum Gasteiger partial charge on any atom is -0.356 e. The number of nitrogens with zero attached hydrogens (tertiary/aromatic N) is 3. The van der Waals surface area contributed by atoms with Crippen molar-refractivity contribution in [3.8, 4) is 6.07 Å². The number of hydrogen-bond donors (Lipinski definition) is 0. The lowest BCUT2D eigenvalue weighted by Crippen LogP contribution is -2.28. The van der Waals surface area contributed by atoms with Gasteiger partial charge in [-0.05, 0) is 25.0 Å². The summed E-state index contributed by atoms with van der Waals surface area (Å²) in [6.45, 7) is 2.07. The Balaban J connectivity index is 2.17. The van der Waals surface area contributed by atoms with E-state index in [4.69, 9.17) is 5.26 Å². The number of pyridine rings is 1. The number of nitriles is 1. The Kier molecular flexibility index (Phi) is 3.76. The number of anilines is 1. The molecule has 0 spiro atoms. The van der Waals surface area contributed by atoms with E-state index in [1.54, 1.807) is 6.20 Å². The molecule has 1 aliphatic rings.